The Kier molecular flexibility index (Phi) is 5.73. The number of aromatic carboxylic acids is 1. The summed E-state index contributed by atoms with van der Waals surface area (Å²) in [6.07, 6.45) is 0.311. The number of rotatable bonds is 6. The minimum absolute atomic E-state index is 0.0401. The van der Waals surface area contributed by atoms with E-state index in [1.807, 2.05) is 12.1 Å². The highest BCUT2D eigenvalue weighted by Crippen LogP contribution is 2.18. The summed E-state index contributed by atoms with van der Waals surface area (Å²) in [5.41, 5.74) is 1.13. The number of carboxylic acids is 1. The number of amides is 1. The molecule has 8 nitrogen and oxygen atoms in total. The van der Waals surface area contributed by atoms with Crippen LogP contribution in [0.2, 0.25) is 0 Å². The van der Waals surface area contributed by atoms with Crippen LogP contribution in [0.3, 0.4) is 0 Å². The lowest BCUT2D eigenvalue weighted by Crippen LogP contribution is -2.21. The molecule has 0 unspecified atom stereocenters. The Morgan fingerprint density at radius 3 is 2.52 bits per heavy atom. The quantitative estimate of drug-likeness (QED) is 0.592. The van der Waals surface area contributed by atoms with Crippen LogP contribution in [0.1, 0.15) is 37.8 Å². The predicted octanol–water partition coefficient (Wildman–Crippen LogP) is 2.63. The van der Waals surface area contributed by atoms with Crippen LogP contribution >= 0.6 is 0 Å². The third kappa shape index (κ3) is 4.86. The van der Waals surface area contributed by atoms with Gasteiger partial charge in [-0.3, -0.25) is 9.59 Å². The number of hydrogen-bond acceptors (Lipinski definition) is 5. The van der Waals surface area contributed by atoms with Gasteiger partial charge in [0.15, 0.2) is 0 Å². The van der Waals surface area contributed by atoms with Crippen LogP contribution in [0.15, 0.2) is 53.3 Å². The number of hydrogen-bond donors (Lipinski definition) is 3. The second-order valence-corrected chi connectivity index (χ2v) is 6.41. The SMILES string of the molecule is COc1ccc(Cc2nc(C(=O)Nc3ccc(C)cc3C(=O)O)cc(=O)[nH]2)cc1. The number of aromatic nitrogens is 2. The molecule has 1 heterocycles. The fourth-order valence-corrected chi connectivity index (χ4v) is 2.78. The molecule has 3 rings (SSSR count). The Morgan fingerprint density at radius 1 is 1.14 bits per heavy atom. The zero-order valence-electron chi connectivity index (χ0n) is 15.9. The molecule has 29 heavy (non-hydrogen) atoms. The zero-order valence-corrected chi connectivity index (χ0v) is 15.9. The van der Waals surface area contributed by atoms with Crippen molar-refractivity contribution in [1.29, 1.82) is 0 Å². The number of H-pyrrole nitrogens is 1. The predicted molar refractivity (Wildman–Crippen MR) is 107 cm³/mol. The summed E-state index contributed by atoms with van der Waals surface area (Å²) in [4.78, 5) is 42.8. The van der Waals surface area contributed by atoms with Crippen molar-refractivity contribution in [2.45, 2.75) is 13.3 Å². The van der Waals surface area contributed by atoms with Gasteiger partial charge in [-0.2, -0.15) is 0 Å². The van der Waals surface area contributed by atoms with E-state index in [2.05, 4.69) is 15.3 Å². The van der Waals surface area contributed by atoms with Gasteiger partial charge in [0.25, 0.3) is 11.5 Å². The standard InChI is InChI=1S/C21H19N3O5/c1-12-3-8-16(15(9-12)21(27)28)23-20(26)17-11-19(25)24-18(22-17)10-13-4-6-14(29-2)7-5-13/h3-9,11H,10H2,1-2H3,(H,23,26)(H,27,28)(H,22,24,25). The third-order valence-electron chi connectivity index (χ3n) is 4.21. The van der Waals surface area contributed by atoms with Gasteiger partial charge in [-0.1, -0.05) is 23.8 Å². The van der Waals surface area contributed by atoms with E-state index in [4.69, 9.17) is 4.74 Å². The number of carbonyl (C=O) groups is 2. The minimum Gasteiger partial charge on any atom is -0.497 e. The molecular weight excluding hydrogens is 374 g/mol. The normalized spacial score (nSPS) is 10.4. The van der Waals surface area contributed by atoms with Crippen molar-refractivity contribution in [3.63, 3.8) is 0 Å². The van der Waals surface area contributed by atoms with Gasteiger partial charge in [0.2, 0.25) is 0 Å². The van der Waals surface area contributed by atoms with Crippen LogP contribution in [0, 0.1) is 6.92 Å². The molecular formula is C21H19N3O5. The summed E-state index contributed by atoms with van der Waals surface area (Å²) < 4.78 is 5.11. The van der Waals surface area contributed by atoms with Gasteiger partial charge in [0.1, 0.15) is 17.3 Å². The van der Waals surface area contributed by atoms with Crippen LogP contribution in [-0.2, 0) is 6.42 Å². The molecule has 0 aliphatic rings. The summed E-state index contributed by atoms with van der Waals surface area (Å²) in [6.45, 7) is 1.75. The number of carbonyl (C=O) groups excluding carboxylic acids is 1. The maximum atomic E-state index is 12.6. The molecule has 0 saturated carbocycles. The Labute approximate surface area is 166 Å². The summed E-state index contributed by atoms with van der Waals surface area (Å²) >= 11 is 0. The van der Waals surface area contributed by atoms with E-state index in [9.17, 15) is 19.5 Å². The smallest absolute Gasteiger partial charge is 0.337 e. The van der Waals surface area contributed by atoms with Crippen molar-refractivity contribution in [1.82, 2.24) is 9.97 Å². The average molecular weight is 393 g/mol. The van der Waals surface area contributed by atoms with E-state index in [1.165, 1.54) is 12.1 Å². The highest BCUT2D eigenvalue weighted by molar-refractivity contribution is 6.06. The average Bonchev–Trinajstić information content (AvgIpc) is 2.69. The number of ether oxygens (including phenoxy) is 1. The summed E-state index contributed by atoms with van der Waals surface area (Å²) in [6, 6.07) is 12.9. The van der Waals surface area contributed by atoms with E-state index >= 15 is 0 Å². The van der Waals surface area contributed by atoms with Gasteiger partial charge in [-0.05, 0) is 36.8 Å². The lowest BCUT2D eigenvalue weighted by atomic mass is 10.1. The second kappa shape index (κ2) is 8.39. The van der Waals surface area contributed by atoms with Crippen molar-refractivity contribution in [2.75, 3.05) is 12.4 Å². The first-order valence-corrected chi connectivity index (χ1v) is 8.74. The topological polar surface area (TPSA) is 121 Å². The summed E-state index contributed by atoms with van der Waals surface area (Å²) in [5, 5.41) is 11.8. The van der Waals surface area contributed by atoms with E-state index < -0.39 is 17.4 Å². The van der Waals surface area contributed by atoms with Crippen molar-refractivity contribution in [2.24, 2.45) is 0 Å². The Morgan fingerprint density at radius 2 is 1.86 bits per heavy atom. The molecule has 3 aromatic rings. The lowest BCUT2D eigenvalue weighted by Gasteiger charge is -2.10. The van der Waals surface area contributed by atoms with Crippen LogP contribution in [0.25, 0.3) is 0 Å². The van der Waals surface area contributed by atoms with Gasteiger partial charge in [-0.25, -0.2) is 9.78 Å². The molecule has 0 aliphatic heterocycles. The van der Waals surface area contributed by atoms with E-state index in [-0.39, 0.29) is 16.9 Å². The molecule has 1 aromatic heterocycles. The summed E-state index contributed by atoms with van der Waals surface area (Å²) in [7, 11) is 1.57. The number of carboxylic acid groups (broad SMARTS) is 1. The third-order valence-corrected chi connectivity index (χ3v) is 4.21. The fourth-order valence-electron chi connectivity index (χ4n) is 2.78. The molecule has 0 spiro atoms. The molecule has 3 N–H and O–H groups in total. The number of anilines is 1. The van der Waals surface area contributed by atoms with Crippen molar-refractivity contribution in [3.05, 3.63) is 87.1 Å². The van der Waals surface area contributed by atoms with Gasteiger partial charge < -0.3 is 20.1 Å². The number of nitrogens with zero attached hydrogens (tertiary/aromatic N) is 1. The van der Waals surface area contributed by atoms with Crippen LogP contribution in [-0.4, -0.2) is 34.1 Å². The molecule has 0 atom stereocenters. The maximum Gasteiger partial charge on any atom is 0.337 e. The molecule has 0 aliphatic carbocycles. The largest absolute Gasteiger partial charge is 0.497 e. The highest BCUT2D eigenvalue weighted by Gasteiger charge is 2.16. The number of aryl methyl sites for hydroxylation is 1. The molecule has 148 valence electrons. The Bertz CT molecular complexity index is 1120. The molecule has 0 fully saturated rings. The van der Waals surface area contributed by atoms with Crippen LogP contribution in [0.4, 0.5) is 5.69 Å². The molecule has 0 radical (unpaired) electrons. The van der Waals surface area contributed by atoms with Crippen molar-refractivity contribution in [3.8, 4) is 5.75 Å². The number of methoxy groups -OCH3 is 1. The first-order chi connectivity index (χ1) is 13.9. The van der Waals surface area contributed by atoms with Gasteiger partial charge in [0, 0.05) is 12.5 Å². The first-order valence-electron chi connectivity index (χ1n) is 8.74. The molecule has 2 aromatic carbocycles. The lowest BCUT2D eigenvalue weighted by molar-refractivity contribution is 0.0698. The van der Waals surface area contributed by atoms with Gasteiger partial charge in [-0.15, -0.1) is 0 Å². The van der Waals surface area contributed by atoms with E-state index in [1.54, 1.807) is 32.2 Å². The maximum absolute atomic E-state index is 12.6. The van der Waals surface area contributed by atoms with E-state index in [0.29, 0.717) is 18.0 Å². The summed E-state index contributed by atoms with van der Waals surface area (Å²) in [5.74, 6) is -0.813. The monoisotopic (exact) mass is 393 g/mol. The number of aromatic amines is 1. The highest BCUT2D eigenvalue weighted by atomic mass is 16.5. The molecule has 0 saturated heterocycles. The zero-order chi connectivity index (χ0) is 21.0. The van der Waals surface area contributed by atoms with Gasteiger partial charge >= 0.3 is 5.97 Å². The molecule has 8 heteroatoms. The van der Waals surface area contributed by atoms with Gasteiger partial charge in [0.05, 0.1) is 18.4 Å². The fraction of sp³-hybridized carbons (Fsp3) is 0.143. The molecule has 1 amide bonds. The van der Waals surface area contributed by atoms with E-state index in [0.717, 1.165) is 17.2 Å². The van der Waals surface area contributed by atoms with Crippen molar-refractivity contribution >= 4 is 17.6 Å². The first kappa shape index (κ1) is 19.8. The van der Waals surface area contributed by atoms with Crippen molar-refractivity contribution < 1.29 is 19.4 Å². The van der Waals surface area contributed by atoms with Crippen LogP contribution < -0.4 is 15.6 Å². The number of benzene rings is 2. The Balaban J connectivity index is 1.84. The minimum atomic E-state index is -1.16. The number of nitrogens with one attached hydrogen (secondary N) is 2. The Hall–Kier alpha value is -3.94. The molecule has 0 bridgehead atoms. The second-order valence-electron chi connectivity index (χ2n) is 6.41. The van der Waals surface area contributed by atoms with Crippen LogP contribution in [0.5, 0.6) is 5.75 Å².